The monoisotopic (exact) mass is 261 g/mol. The maximum Gasteiger partial charge on any atom is 0.123 e. The van der Waals surface area contributed by atoms with Crippen LogP contribution in [0.5, 0.6) is 0 Å². The van der Waals surface area contributed by atoms with Gasteiger partial charge in [-0.3, -0.25) is 0 Å². The normalized spacial score (nSPS) is 12.8. The van der Waals surface area contributed by atoms with Crippen molar-refractivity contribution in [2.24, 2.45) is 0 Å². The average molecular weight is 262 g/mol. The molecule has 1 rings (SSSR count). The SMILES string of the molecule is CNC(CCSC)Cc1cc(F)ccc1Cl. The van der Waals surface area contributed by atoms with Gasteiger partial charge in [-0.2, -0.15) is 11.8 Å². The summed E-state index contributed by atoms with van der Waals surface area (Å²) in [4.78, 5) is 0. The van der Waals surface area contributed by atoms with E-state index >= 15 is 0 Å². The Kier molecular flexibility index (Phi) is 6.17. The lowest BCUT2D eigenvalue weighted by atomic mass is 10.0. The highest BCUT2D eigenvalue weighted by Crippen LogP contribution is 2.19. The topological polar surface area (TPSA) is 12.0 Å². The van der Waals surface area contributed by atoms with Crippen molar-refractivity contribution in [3.8, 4) is 0 Å². The van der Waals surface area contributed by atoms with Crippen LogP contribution in [0.15, 0.2) is 18.2 Å². The van der Waals surface area contributed by atoms with Gasteiger partial charge in [0.25, 0.3) is 0 Å². The summed E-state index contributed by atoms with van der Waals surface area (Å²) in [5.41, 5.74) is 0.877. The number of benzene rings is 1. The van der Waals surface area contributed by atoms with Crippen LogP contribution in [0.1, 0.15) is 12.0 Å². The van der Waals surface area contributed by atoms with Gasteiger partial charge in [-0.25, -0.2) is 4.39 Å². The Morgan fingerprint density at radius 1 is 1.50 bits per heavy atom. The van der Waals surface area contributed by atoms with E-state index in [1.54, 1.807) is 6.07 Å². The van der Waals surface area contributed by atoms with Crippen molar-refractivity contribution in [2.45, 2.75) is 18.9 Å². The smallest absolute Gasteiger partial charge is 0.123 e. The molecule has 0 spiro atoms. The summed E-state index contributed by atoms with van der Waals surface area (Å²) in [5.74, 6) is 0.873. The molecule has 4 heteroatoms. The zero-order chi connectivity index (χ0) is 12.0. The van der Waals surface area contributed by atoms with E-state index in [4.69, 9.17) is 11.6 Å². The van der Waals surface area contributed by atoms with Crippen LogP contribution in [0.25, 0.3) is 0 Å². The van der Waals surface area contributed by atoms with Crippen molar-refractivity contribution >= 4 is 23.4 Å². The Morgan fingerprint density at radius 2 is 2.25 bits per heavy atom. The van der Waals surface area contributed by atoms with E-state index in [9.17, 15) is 4.39 Å². The first-order valence-electron chi connectivity index (χ1n) is 5.27. The number of hydrogen-bond donors (Lipinski definition) is 1. The standard InChI is InChI=1S/C12H17ClFNS/c1-15-11(5-6-16-2)8-9-7-10(14)3-4-12(9)13/h3-4,7,11,15H,5-6,8H2,1-2H3. The zero-order valence-corrected chi connectivity index (χ0v) is 11.2. The second-order valence-corrected chi connectivity index (χ2v) is 5.10. The van der Waals surface area contributed by atoms with Crippen LogP contribution in [-0.4, -0.2) is 25.1 Å². The van der Waals surface area contributed by atoms with Crippen molar-refractivity contribution < 1.29 is 4.39 Å². The molecule has 0 aromatic heterocycles. The minimum Gasteiger partial charge on any atom is -0.317 e. The number of hydrogen-bond acceptors (Lipinski definition) is 2. The molecule has 16 heavy (non-hydrogen) atoms. The molecule has 1 N–H and O–H groups in total. The first-order valence-corrected chi connectivity index (χ1v) is 7.04. The van der Waals surface area contributed by atoms with Crippen LogP contribution in [0.2, 0.25) is 5.02 Å². The molecule has 0 amide bonds. The van der Waals surface area contributed by atoms with E-state index in [2.05, 4.69) is 11.6 Å². The Morgan fingerprint density at radius 3 is 2.88 bits per heavy atom. The number of rotatable bonds is 6. The first-order chi connectivity index (χ1) is 7.67. The third kappa shape index (κ3) is 4.32. The molecule has 90 valence electrons. The van der Waals surface area contributed by atoms with Crippen LogP contribution in [0.4, 0.5) is 4.39 Å². The highest BCUT2D eigenvalue weighted by Gasteiger charge is 2.10. The Labute approximate surface area is 106 Å². The van der Waals surface area contributed by atoms with Gasteiger partial charge in [-0.1, -0.05) is 11.6 Å². The van der Waals surface area contributed by atoms with Gasteiger partial charge >= 0.3 is 0 Å². The van der Waals surface area contributed by atoms with Crippen molar-refractivity contribution in [1.82, 2.24) is 5.32 Å². The van der Waals surface area contributed by atoms with Gasteiger partial charge in [0, 0.05) is 11.1 Å². The maximum absolute atomic E-state index is 13.1. The van der Waals surface area contributed by atoms with Crippen LogP contribution in [0.3, 0.4) is 0 Å². The Bertz CT molecular complexity index is 333. The van der Waals surface area contributed by atoms with E-state index in [0.717, 1.165) is 24.2 Å². The number of halogens is 2. The molecule has 0 aliphatic carbocycles. The van der Waals surface area contributed by atoms with Crippen LogP contribution in [-0.2, 0) is 6.42 Å². The second kappa shape index (κ2) is 7.15. The number of likely N-dealkylation sites (N-methyl/N-ethyl adjacent to an activating group) is 1. The largest absolute Gasteiger partial charge is 0.317 e. The van der Waals surface area contributed by atoms with Crippen LogP contribution in [0, 0.1) is 5.82 Å². The lowest BCUT2D eigenvalue weighted by molar-refractivity contribution is 0.544. The molecule has 1 aromatic rings. The Balaban J connectivity index is 2.65. The van der Waals surface area contributed by atoms with Gasteiger partial charge in [0.15, 0.2) is 0 Å². The van der Waals surface area contributed by atoms with Crippen LogP contribution >= 0.6 is 23.4 Å². The van der Waals surface area contributed by atoms with E-state index in [0.29, 0.717) is 11.1 Å². The lowest BCUT2D eigenvalue weighted by Gasteiger charge is -2.16. The number of thioether (sulfide) groups is 1. The Hall–Kier alpha value is -0.250. The van der Waals surface area contributed by atoms with Gasteiger partial charge in [0.2, 0.25) is 0 Å². The summed E-state index contributed by atoms with van der Waals surface area (Å²) < 4.78 is 13.1. The predicted octanol–water partition coefficient (Wildman–Crippen LogP) is 3.36. The first kappa shape index (κ1) is 13.8. The van der Waals surface area contributed by atoms with Crippen molar-refractivity contribution in [1.29, 1.82) is 0 Å². The second-order valence-electron chi connectivity index (χ2n) is 3.71. The van der Waals surface area contributed by atoms with E-state index < -0.39 is 0 Å². The molecule has 0 saturated heterocycles. The highest BCUT2D eigenvalue weighted by molar-refractivity contribution is 7.98. The predicted molar refractivity (Wildman–Crippen MR) is 71.0 cm³/mol. The summed E-state index contributed by atoms with van der Waals surface area (Å²) in [6.07, 6.45) is 3.92. The number of nitrogens with one attached hydrogen (secondary N) is 1. The molecule has 0 saturated carbocycles. The molecule has 0 fully saturated rings. The highest BCUT2D eigenvalue weighted by atomic mass is 35.5. The molecule has 1 unspecified atom stereocenters. The minimum atomic E-state index is -0.223. The summed E-state index contributed by atoms with van der Waals surface area (Å²) >= 11 is 7.85. The van der Waals surface area contributed by atoms with Crippen molar-refractivity contribution in [2.75, 3.05) is 19.1 Å². The fourth-order valence-corrected chi connectivity index (χ4v) is 2.29. The summed E-state index contributed by atoms with van der Waals surface area (Å²) in [6.45, 7) is 0. The molecule has 0 aliphatic heterocycles. The van der Waals surface area contributed by atoms with Crippen molar-refractivity contribution in [3.05, 3.63) is 34.6 Å². The van der Waals surface area contributed by atoms with Gasteiger partial charge in [0.1, 0.15) is 5.82 Å². The molecular formula is C12H17ClFNS. The molecule has 0 radical (unpaired) electrons. The third-order valence-corrected chi connectivity index (χ3v) is 3.57. The average Bonchev–Trinajstić information content (AvgIpc) is 2.28. The molecule has 1 aromatic carbocycles. The zero-order valence-electron chi connectivity index (χ0n) is 9.59. The van der Waals surface area contributed by atoms with Crippen LogP contribution < -0.4 is 5.32 Å². The minimum absolute atomic E-state index is 0.223. The molecule has 0 heterocycles. The fraction of sp³-hybridized carbons (Fsp3) is 0.500. The van der Waals surface area contributed by atoms with Gasteiger partial charge in [-0.05, 0) is 55.7 Å². The van der Waals surface area contributed by atoms with E-state index in [-0.39, 0.29) is 5.82 Å². The fourth-order valence-electron chi connectivity index (χ4n) is 1.57. The summed E-state index contributed by atoms with van der Waals surface area (Å²) in [5, 5.41) is 3.88. The summed E-state index contributed by atoms with van der Waals surface area (Å²) in [7, 11) is 1.93. The molecular weight excluding hydrogens is 245 g/mol. The van der Waals surface area contributed by atoms with Gasteiger partial charge in [-0.15, -0.1) is 0 Å². The molecule has 0 bridgehead atoms. The van der Waals surface area contributed by atoms with E-state index in [1.165, 1.54) is 12.1 Å². The van der Waals surface area contributed by atoms with Crippen molar-refractivity contribution in [3.63, 3.8) is 0 Å². The molecule has 1 nitrogen and oxygen atoms in total. The quantitative estimate of drug-likeness (QED) is 0.843. The maximum atomic E-state index is 13.1. The van der Waals surface area contributed by atoms with E-state index in [1.807, 2.05) is 18.8 Å². The summed E-state index contributed by atoms with van der Waals surface area (Å²) in [6, 6.07) is 4.88. The lowest BCUT2D eigenvalue weighted by Crippen LogP contribution is -2.28. The third-order valence-electron chi connectivity index (χ3n) is 2.55. The van der Waals surface area contributed by atoms with Gasteiger partial charge in [0.05, 0.1) is 0 Å². The molecule has 0 aliphatic rings. The molecule has 1 atom stereocenters. The van der Waals surface area contributed by atoms with Gasteiger partial charge < -0.3 is 5.32 Å².